The van der Waals surface area contributed by atoms with E-state index in [-0.39, 0.29) is 29.9 Å². The Morgan fingerprint density at radius 3 is 2.57 bits per heavy atom. The van der Waals surface area contributed by atoms with E-state index in [4.69, 9.17) is 4.99 Å². The van der Waals surface area contributed by atoms with Gasteiger partial charge in [-0.25, -0.2) is 0 Å². The van der Waals surface area contributed by atoms with Crippen molar-refractivity contribution >= 4 is 47.2 Å². The van der Waals surface area contributed by atoms with Crippen LogP contribution in [0.1, 0.15) is 27.7 Å². The van der Waals surface area contributed by atoms with Gasteiger partial charge in [-0.3, -0.25) is 9.79 Å². The van der Waals surface area contributed by atoms with Crippen LogP contribution in [0.25, 0.3) is 0 Å². The lowest BCUT2D eigenvalue weighted by molar-refractivity contribution is 0.0827. The number of carbonyl (C=O) groups excluding carboxylic acids is 1. The van der Waals surface area contributed by atoms with Crippen molar-refractivity contribution in [3.63, 3.8) is 0 Å². The molecule has 0 aliphatic carbocycles. The summed E-state index contributed by atoms with van der Waals surface area (Å²) in [6, 6.07) is 12.1. The number of hydrogen-bond donors (Lipinski definition) is 1. The molecule has 1 aromatic carbocycles. The molecule has 1 heterocycles. The number of guanidine groups is 1. The third kappa shape index (κ3) is 7.79. The first kappa shape index (κ1) is 24.4. The second kappa shape index (κ2) is 12.8. The normalized spacial score (nSPS) is 10.9. The number of nitrogens with one attached hydrogen (secondary N) is 1. The average molecular weight is 514 g/mol. The second-order valence-electron chi connectivity index (χ2n) is 6.64. The molecule has 0 saturated heterocycles. The van der Waals surface area contributed by atoms with E-state index in [1.807, 2.05) is 18.2 Å². The SMILES string of the molecule is CCNC(=NCCc1cccc(C(=O)N(C)C)c1)N(C)CCc1cccs1.I. The molecule has 0 spiro atoms. The van der Waals surface area contributed by atoms with Crippen LogP contribution >= 0.6 is 35.3 Å². The van der Waals surface area contributed by atoms with Gasteiger partial charge in [0.2, 0.25) is 0 Å². The summed E-state index contributed by atoms with van der Waals surface area (Å²) in [5, 5.41) is 5.48. The minimum Gasteiger partial charge on any atom is -0.357 e. The van der Waals surface area contributed by atoms with Crippen LogP contribution in [0.15, 0.2) is 46.8 Å². The Balaban J connectivity index is 0.00000392. The number of benzene rings is 1. The zero-order valence-corrected chi connectivity index (χ0v) is 20.3. The van der Waals surface area contributed by atoms with Gasteiger partial charge in [0, 0.05) is 51.2 Å². The number of amides is 1. The van der Waals surface area contributed by atoms with E-state index in [0.717, 1.165) is 43.0 Å². The third-order valence-corrected chi connectivity index (χ3v) is 5.15. The van der Waals surface area contributed by atoms with E-state index in [1.54, 1.807) is 30.3 Å². The standard InChI is InChI=1S/C21H30N4OS.HI/c1-5-22-21(25(4)14-12-19-10-7-15-27-19)23-13-11-17-8-6-9-18(16-17)20(26)24(2)3;/h6-10,15-16H,5,11-14H2,1-4H3,(H,22,23);1H. The zero-order valence-electron chi connectivity index (χ0n) is 17.1. The number of hydrogen-bond acceptors (Lipinski definition) is 3. The van der Waals surface area contributed by atoms with Gasteiger partial charge in [0.15, 0.2) is 5.96 Å². The van der Waals surface area contributed by atoms with Crippen molar-refractivity contribution in [2.45, 2.75) is 19.8 Å². The van der Waals surface area contributed by atoms with E-state index >= 15 is 0 Å². The highest BCUT2D eigenvalue weighted by atomic mass is 127. The van der Waals surface area contributed by atoms with Crippen molar-refractivity contribution in [1.82, 2.24) is 15.1 Å². The predicted molar refractivity (Wildman–Crippen MR) is 130 cm³/mol. The Kier molecular flexibility index (Phi) is 11.1. The Morgan fingerprint density at radius 1 is 1.14 bits per heavy atom. The zero-order chi connectivity index (χ0) is 19.6. The van der Waals surface area contributed by atoms with Gasteiger partial charge in [0.1, 0.15) is 0 Å². The molecule has 0 fully saturated rings. The molecule has 28 heavy (non-hydrogen) atoms. The van der Waals surface area contributed by atoms with E-state index in [0.29, 0.717) is 6.54 Å². The van der Waals surface area contributed by atoms with E-state index in [1.165, 1.54) is 4.88 Å². The molecule has 154 valence electrons. The molecule has 2 rings (SSSR count). The van der Waals surface area contributed by atoms with E-state index < -0.39 is 0 Å². The van der Waals surface area contributed by atoms with Gasteiger partial charge in [-0.05, 0) is 48.9 Å². The van der Waals surface area contributed by atoms with Crippen LogP contribution in [0.5, 0.6) is 0 Å². The number of aliphatic imine (C=N–C) groups is 1. The maximum absolute atomic E-state index is 12.1. The number of thiophene rings is 1. The van der Waals surface area contributed by atoms with Gasteiger partial charge in [0.25, 0.3) is 5.91 Å². The van der Waals surface area contributed by atoms with Crippen molar-refractivity contribution < 1.29 is 4.79 Å². The fourth-order valence-electron chi connectivity index (χ4n) is 2.72. The lowest BCUT2D eigenvalue weighted by Crippen LogP contribution is -2.40. The minimum atomic E-state index is 0. The Morgan fingerprint density at radius 2 is 1.93 bits per heavy atom. The monoisotopic (exact) mass is 514 g/mol. The molecule has 1 amide bonds. The van der Waals surface area contributed by atoms with Crippen molar-refractivity contribution in [3.05, 3.63) is 57.8 Å². The molecule has 0 bridgehead atoms. The molecular weight excluding hydrogens is 483 g/mol. The number of halogens is 1. The Bertz CT molecular complexity index is 747. The van der Waals surface area contributed by atoms with Crippen molar-refractivity contribution in [3.8, 4) is 0 Å². The van der Waals surface area contributed by atoms with Crippen LogP contribution < -0.4 is 5.32 Å². The molecule has 0 radical (unpaired) electrons. The van der Waals surface area contributed by atoms with Crippen LogP contribution in [0.3, 0.4) is 0 Å². The van der Waals surface area contributed by atoms with Gasteiger partial charge in [0.05, 0.1) is 0 Å². The fraction of sp³-hybridized carbons (Fsp3) is 0.429. The van der Waals surface area contributed by atoms with Crippen LogP contribution in [0, 0.1) is 0 Å². The summed E-state index contributed by atoms with van der Waals surface area (Å²) in [6.45, 7) is 4.54. The molecule has 1 N–H and O–H groups in total. The molecule has 1 aromatic heterocycles. The van der Waals surface area contributed by atoms with Crippen LogP contribution in [0.4, 0.5) is 0 Å². The number of likely N-dealkylation sites (N-methyl/N-ethyl adjacent to an activating group) is 1. The minimum absolute atomic E-state index is 0. The summed E-state index contributed by atoms with van der Waals surface area (Å²) in [5.74, 6) is 0.955. The van der Waals surface area contributed by atoms with Gasteiger partial charge in [-0.15, -0.1) is 35.3 Å². The van der Waals surface area contributed by atoms with Gasteiger partial charge < -0.3 is 15.1 Å². The van der Waals surface area contributed by atoms with Crippen LogP contribution in [0.2, 0.25) is 0 Å². The van der Waals surface area contributed by atoms with Crippen LogP contribution in [-0.2, 0) is 12.8 Å². The molecule has 0 aliphatic rings. The topological polar surface area (TPSA) is 47.9 Å². The summed E-state index contributed by atoms with van der Waals surface area (Å²) in [7, 11) is 5.62. The molecule has 0 unspecified atom stereocenters. The van der Waals surface area contributed by atoms with Gasteiger partial charge in [-0.2, -0.15) is 0 Å². The average Bonchev–Trinajstić information content (AvgIpc) is 3.18. The van der Waals surface area contributed by atoms with Crippen molar-refractivity contribution in [1.29, 1.82) is 0 Å². The first-order valence-corrected chi connectivity index (χ1v) is 10.2. The van der Waals surface area contributed by atoms with E-state index in [2.05, 4.69) is 47.8 Å². The number of carbonyl (C=O) groups is 1. The fourth-order valence-corrected chi connectivity index (χ4v) is 3.42. The number of nitrogens with zero attached hydrogens (tertiary/aromatic N) is 3. The first-order chi connectivity index (χ1) is 13.0. The summed E-state index contributed by atoms with van der Waals surface area (Å²) in [6.07, 6.45) is 1.83. The quantitative estimate of drug-likeness (QED) is 0.332. The largest absolute Gasteiger partial charge is 0.357 e. The summed E-state index contributed by atoms with van der Waals surface area (Å²) < 4.78 is 0. The second-order valence-corrected chi connectivity index (χ2v) is 7.67. The summed E-state index contributed by atoms with van der Waals surface area (Å²) in [4.78, 5) is 22.0. The first-order valence-electron chi connectivity index (χ1n) is 9.33. The molecule has 0 saturated carbocycles. The van der Waals surface area contributed by atoms with Crippen molar-refractivity contribution in [2.75, 3.05) is 40.8 Å². The summed E-state index contributed by atoms with van der Waals surface area (Å²) in [5.41, 5.74) is 1.85. The highest BCUT2D eigenvalue weighted by Gasteiger charge is 2.09. The Hall–Kier alpha value is -1.61. The van der Waals surface area contributed by atoms with Crippen molar-refractivity contribution in [2.24, 2.45) is 4.99 Å². The highest BCUT2D eigenvalue weighted by molar-refractivity contribution is 14.0. The van der Waals surface area contributed by atoms with Crippen LogP contribution in [-0.4, -0.2) is 62.4 Å². The molecule has 5 nitrogen and oxygen atoms in total. The van der Waals surface area contributed by atoms with E-state index in [9.17, 15) is 4.79 Å². The predicted octanol–water partition coefficient (Wildman–Crippen LogP) is 3.75. The maximum Gasteiger partial charge on any atom is 0.253 e. The molecule has 2 aromatic rings. The third-order valence-electron chi connectivity index (χ3n) is 4.21. The smallest absolute Gasteiger partial charge is 0.253 e. The molecule has 0 aliphatic heterocycles. The molecular formula is C21H31IN4OS. The number of rotatable bonds is 8. The lowest BCUT2D eigenvalue weighted by Gasteiger charge is -2.21. The lowest BCUT2D eigenvalue weighted by atomic mass is 10.1. The molecule has 0 atom stereocenters. The van der Waals surface area contributed by atoms with Gasteiger partial charge in [-0.1, -0.05) is 18.2 Å². The highest BCUT2D eigenvalue weighted by Crippen LogP contribution is 2.10. The molecule has 7 heteroatoms. The Labute approximate surface area is 189 Å². The maximum atomic E-state index is 12.1. The summed E-state index contributed by atoms with van der Waals surface area (Å²) >= 11 is 1.79. The van der Waals surface area contributed by atoms with Gasteiger partial charge >= 0.3 is 0 Å².